The Bertz CT molecular complexity index is 120. The van der Waals surface area contributed by atoms with E-state index in [4.69, 9.17) is 9.78 Å². The molecule has 2 atom stereocenters. The molecule has 0 aromatic heterocycles. The van der Waals surface area contributed by atoms with Gasteiger partial charge in [-0.25, -0.2) is 9.78 Å². The van der Waals surface area contributed by atoms with E-state index in [1.807, 2.05) is 23.5 Å². The highest BCUT2D eigenvalue weighted by Crippen LogP contribution is 2.30. The molecule has 2 saturated heterocycles. The largest absolute Gasteiger partial charge is 0.236 e. The lowest BCUT2D eigenvalue weighted by molar-refractivity contribution is -0.273. The topological polar surface area (TPSA) is 18.5 Å². The Kier molecular flexibility index (Phi) is 3.01. The first-order valence-electron chi connectivity index (χ1n) is 3.94. The molecule has 2 fully saturated rings. The second-order valence-electron chi connectivity index (χ2n) is 2.73. The van der Waals surface area contributed by atoms with E-state index in [1.165, 1.54) is 17.3 Å². The lowest BCUT2D eigenvalue weighted by atomic mass is 10.2. The maximum absolute atomic E-state index is 5.16. The second kappa shape index (κ2) is 4.03. The predicted octanol–water partition coefficient (Wildman–Crippen LogP) is 1.56. The maximum atomic E-state index is 5.16. The summed E-state index contributed by atoms with van der Waals surface area (Å²) in [7, 11) is 0. The smallest absolute Gasteiger partial charge is 0.108 e. The summed E-state index contributed by atoms with van der Waals surface area (Å²) in [6.45, 7) is 0.784. The van der Waals surface area contributed by atoms with Crippen LogP contribution >= 0.6 is 23.5 Å². The molecule has 0 spiro atoms. The first-order chi connectivity index (χ1) is 5.47. The first kappa shape index (κ1) is 8.23. The summed E-state index contributed by atoms with van der Waals surface area (Å²) < 4.78 is 0. The van der Waals surface area contributed by atoms with Crippen molar-refractivity contribution in [3.8, 4) is 0 Å². The quantitative estimate of drug-likeness (QED) is 0.587. The molecule has 2 aliphatic rings. The summed E-state index contributed by atoms with van der Waals surface area (Å²) in [6.07, 6.45) is 1.45. The zero-order valence-electron chi connectivity index (χ0n) is 6.32. The van der Waals surface area contributed by atoms with Crippen molar-refractivity contribution >= 4 is 23.5 Å². The van der Waals surface area contributed by atoms with Crippen molar-refractivity contribution in [1.29, 1.82) is 0 Å². The first-order valence-corrected chi connectivity index (χ1v) is 6.15. The molecule has 2 aliphatic heterocycles. The Morgan fingerprint density at radius 1 is 1.27 bits per heavy atom. The van der Waals surface area contributed by atoms with Crippen LogP contribution in [0.15, 0.2) is 0 Å². The fourth-order valence-electron chi connectivity index (χ4n) is 1.32. The van der Waals surface area contributed by atoms with E-state index in [1.54, 1.807) is 0 Å². The number of hydrogen-bond acceptors (Lipinski definition) is 4. The molecule has 2 nitrogen and oxygen atoms in total. The molecular weight excluding hydrogens is 180 g/mol. The van der Waals surface area contributed by atoms with Gasteiger partial charge in [0.05, 0.1) is 6.61 Å². The average Bonchev–Trinajstić information content (AvgIpc) is 2.58. The summed E-state index contributed by atoms with van der Waals surface area (Å²) >= 11 is 4.07. The zero-order chi connectivity index (χ0) is 7.52. The molecule has 0 saturated carbocycles. The second-order valence-corrected chi connectivity index (χ2v) is 5.23. The van der Waals surface area contributed by atoms with Crippen molar-refractivity contribution in [2.45, 2.75) is 17.8 Å². The number of hydrogen-bond donors (Lipinski definition) is 0. The van der Waals surface area contributed by atoms with Crippen molar-refractivity contribution < 1.29 is 9.78 Å². The molecule has 2 rings (SSSR count). The van der Waals surface area contributed by atoms with Gasteiger partial charge in [0.15, 0.2) is 0 Å². The summed E-state index contributed by atoms with van der Waals surface area (Å²) in [4.78, 5) is 10.0. The maximum Gasteiger partial charge on any atom is 0.108 e. The molecule has 0 amide bonds. The molecule has 0 aliphatic carbocycles. The minimum absolute atomic E-state index is 0.368. The lowest BCUT2D eigenvalue weighted by Gasteiger charge is -2.23. The van der Waals surface area contributed by atoms with Gasteiger partial charge in [-0.3, -0.25) is 0 Å². The summed E-state index contributed by atoms with van der Waals surface area (Å²) in [6, 6.07) is 0. The normalized spacial score (nSPS) is 39.3. The SMILES string of the molecule is C1CC(C2CSCCS2)OO1. The van der Waals surface area contributed by atoms with Crippen LogP contribution in [0.4, 0.5) is 0 Å². The van der Waals surface area contributed by atoms with Gasteiger partial charge in [-0.15, -0.1) is 0 Å². The van der Waals surface area contributed by atoms with Crippen LogP contribution in [0, 0.1) is 0 Å². The Morgan fingerprint density at radius 3 is 2.91 bits per heavy atom. The third-order valence-corrected chi connectivity index (χ3v) is 4.83. The third-order valence-electron chi connectivity index (χ3n) is 1.93. The van der Waals surface area contributed by atoms with E-state index in [0.717, 1.165) is 13.0 Å². The van der Waals surface area contributed by atoms with Gasteiger partial charge in [0, 0.05) is 28.9 Å². The van der Waals surface area contributed by atoms with Crippen molar-refractivity contribution in [2.75, 3.05) is 23.9 Å². The molecule has 2 unspecified atom stereocenters. The van der Waals surface area contributed by atoms with Crippen LogP contribution in [0.3, 0.4) is 0 Å². The van der Waals surface area contributed by atoms with Crippen LogP contribution in [0.1, 0.15) is 6.42 Å². The third kappa shape index (κ3) is 2.05. The Balaban J connectivity index is 1.82. The zero-order valence-corrected chi connectivity index (χ0v) is 7.96. The van der Waals surface area contributed by atoms with Crippen LogP contribution in [0.5, 0.6) is 0 Å². The van der Waals surface area contributed by atoms with Crippen LogP contribution in [0.2, 0.25) is 0 Å². The van der Waals surface area contributed by atoms with E-state index < -0.39 is 0 Å². The average molecular weight is 192 g/mol. The molecule has 0 N–H and O–H groups in total. The molecule has 2 heterocycles. The Labute approximate surface area is 75.3 Å². The van der Waals surface area contributed by atoms with Gasteiger partial charge in [-0.1, -0.05) is 0 Å². The van der Waals surface area contributed by atoms with Gasteiger partial charge < -0.3 is 0 Å². The van der Waals surface area contributed by atoms with Gasteiger partial charge in [0.25, 0.3) is 0 Å². The highest BCUT2D eigenvalue weighted by Gasteiger charge is 2.29. The standard InChI is InChI=1S/C7H12O2S2/c1-2-8-9-6(1)7-5-10-3-4-11-7/h6-7H,1-5H2. The van der Waals surface area contributed by atoms with Gasteiger partial charge in [-0.05, 0) is 0 Å². The fourth-order valence-corrected chi connectivity index (χ4v) is 4.16. The Morgan fingerprint density at radius 2 is 2.27 bits per heavy atom. The minimum atomic E-state index is 0.368. The molecule has 0 aromatic rings. The molecule has 11 heavy (non-hydrogen) atoms. The van der Waals surface area contributed by atoms with E-state index in [0.29, 0.717) is 11.4 Å². The van der Waals surface area contributed by atoms with E-state index in [-0.39, 0.29) is 0 Å². The van der Waals surface area contributed by atoms with Crippen molar-refractivity contribution in [2.24, 2.45) is 0 Å². The molecule has 0 aromatic carbocycles. The summed E-state index contributed by atoms with van der Waals surface area (Å²) in [5.41, 5.74) is 0. The molecule has 4 heteroatoms. The van der Waals surface area contributed by atoms with Crippen molar-refractivity contribution in [3.63, 3.8) is 0 Å². The molecule has 0 radical (unpaired) electrons. The molecule has 64 valence electrons. The van der Waals surface area contributed by atoms with E-state index in [9.17, 15) is 0 Å². The van der Waals surface area contributed by atoms with Gasteiger partial charge in [0.2, 0.25) is 0 Å². The Hall–Kier alpha value is 0.620. The fraction of sp³-hybridized carbons (Fsp3) is 1.00. The van der Waals surface area contributed by atoms with Crippen LogP contribution in [0.25, 0.3) is 0 Å². The highest BCUT2D eigenvalue weighted by molar-refractivity contribution is 8.06. The minimum Gasteiger partial charge on any atom is -0.236 e. The predicted molar refractivity (Wildman–Crippen MR) is 49.0 cm³/mol. The van der Waals surface area contributed by atoms with Crippen molar-refractivity contribution in [3.05, 3.63) is 0 Å². The highest BCUT2D eigenvalue weighted by atomic mass is 32.2. The van der Waals surface area contributed by atoms with Crippen LogP contribution < -0.4 is 0 Å². The van der Waals surface area contributed by atoms with Crippen LogP contribution in [-0.4, -0.2) is 35.2 Å². The summed E-state index contributed by atoms with van der Waals surface area (Å²) in [5, 5.41) is 0.677. The lowest BCUT2D eigenvalue weighted by Crippen LogP contribution is -2.27. The number of thioether (sulfide) groups is 2. The van der Waals surface area contributed by atoms with E-state index >= 15 is 0 Å². The summed E-state index contributed by atoms with van der Waals surface area (Å²) in [5.74, 6) is 3.81. The van der Waals surface area contributed by atoms with Gasteiger partial charge in [-0.2, -0.15) is 23.5 Å². The van der Waals surface area contributed by atoms with E-state index in [2.05, 4.69) is 0 Å². The van der Waals surface area contributed by atoms with Gasteiger partial charge in [0.1, 0.15) is 6.10 Å². The molecule has 0 bridgehead atoms. The van der Waals surface area contributed by atoms with Crippen molar-refractivity contribution in [1.82, 2.24) is 0 Å². The molecular formula is C7H12O2S2. The number of rotatable bonds is 1. The van der Waals surface area contributed by atoms with Gasteiger partial charge >= 0.3 is 0 Å². The monoisotopic (exact) mass is 192 g/mol. The van der Waals surface area contributed by atoms with Crippen LogP contribution in [-0.2, 0) is 9.78 Å².